The molecule has 0 aliphatic carbocycles. The van der Waals surface area contributed by atoms with Gasteiger partial charge in [0.2, 0.25) is 0 Å². The Hall–Kier alpha value is -2.96. The van der Waals surface area contributed by atoms with E-state index in [0.29, 0.717) is 37.6 Å². The average molecular weight is 396 g/mol. The van der Waals surface area contributed by atoms with Crippen LogP contribution in [0.2, 0.25) is 0 Å². The Morgan fingerprint density at radius 2 is 1.62 bits per heavy atom. The molecule has 0 radical (unpaired) electrons. The van der Waals surface area contributed by atoms with Crippen LogP contribution in [0.4, 0.5) is 5.82 Å². The second-order valence-corrected chi connectivity index (χ2v) is 7.17. The fourth-order valence-electron chi connectivity index (χ4n) is 3.53. The second kappa shape index (κ2) is 10.0. The van der Waals surface area contributed by atoms with Crippen LogP contribution in [0.3, 0.4) is 0 Å². The van der Waals surface area contributed by atoms with Crippen molar-refractivity contribution in [2.45, 2.75) is 26.7 Å². The number of carbonyl (C=O) groups is 2. The molecule has 7 nitrogen and oxygen atoms in total. The highest BCUT2D eigenvalue weighted by molar-refractivity contribution is 5.96. The molecule has 1 aliphatic heterocycles. The van der Waals surface area contributed by atoms with Crippen LogP contribution in [0.1, 0.15) is 47.7 Å². The van der Waals surface area contributed by atoms with Crippen LogP contribution in [0.5, 0.6) is 0 Å². The van der Waals surface area contributed by atoms with E-state index in [1.165, 1.54) is 0 Å². The van der Waals surface area contributed by atoms with Crippen LogP contribution in [0, 0.1) is 0 Å². The summed E-state index contributed by atoms with van der Waals surface area (Å²) in [4.78, 5) is 40.3. The molecule has 29 heavy (non-hydrogen) atoms. The molecule has 0 aromatic carbocycles. The summed E-state index contributed by atoms with van der Waals surface area (Å²) in [5.41, 5.74) is 0.667. The SMILES string of the molecule is CCCN(CCC)C(=O)c1cccc(C(=O)N2CCN(c3ccccn3)CC2)n1. The first-order valence-corrected chi connectivity index (χ1v) is 10.4. The molecule has 1 fully saturated rings. The average Bonchev–Trinajstić information content (AvgIpc) is 2.79. The summed E-state index contributed by atoms with van der Waals surface area (Å²) in [6.07, 6.45) is 3.56. The van der Waals surface area contributed by atoms with Crippen molar-refractivity contribution in [1.82, 2.24) is 19.8 Å². The monoisotopic (exact) mass is 395 g/mol. The molecule has 154 valence electrons. The van der Waals surface area contributed by atoms with Gasteiger partial charge in [-0.2, -0.15) is 0 Å². The number of hydrogen-bond acceptors (Lipinski definition) is 5. The summed E-state index contributed by atoms with van der Waals surface area (Å²) in [6, 6.07) is 11.0. The number of pyridine rings is 2. The van der Waals surface area contributed by atoms with E-state index < -0.39 is 0 Å². The van der Waals surface area contributed by atoms with E-state index in [0.717, 1.165) is 31.7 Å². The summed E-state index contributed by atoms with van der Waals surface area (Å²) in [5, 5.41) is 0. The van der Waals surface area contributed by atoms with Crippen molar-refractivity contribution in [3.05, 3.63) is 54.0 Å². The van der Waals surface area contributed by atoms with Crippen LogP contribution in [-0.4, -0.2) is 70.9 Å². The normalized spacial score (nSPS) is 14.0. The van der Waals surface area contributed by atoms with Crippen LogP contribution in [0.15, 0.2) is 42.6 Å². The van der Waals surface area contributed by atoms with Gasteiger partial charge in [-0.25, -0.2) is 9.97 Å². The zero-order valence-electron chi connectivity index (χ0n) is 17.3. The lowest BCUT2D eigenvalue weighted by atomic mass is 10.2. The minimum absolute atomic E-state index is 0.108. The zero-order valence-corrected chi connectivity index (χ0v) is 17.3. The van der Waals surface area contributed by atoms with Gasteiger partial charge in [-0.3, -0.25) is 9.59 Å². The van der Waals surface area contributed by atoms with E-state index in [-0.39, 0.29) is 11.8 Å². The van der Waals surface area contributed by atoms with E-state index in [4.69, 9.17) is 0 Å². The number of rotatable bonds is 7. The Bertz CT molecular complexity index is 813. The zero-order chi connectivity index (χ0) is 20.6. The molecule has 3 rings (SSSR count). The molecule has 0 bridgehead atoms. The summed E-state index contributed by atoms with van der Waals surface area (Å²) >= 11 is 0. The number of carbonyl (C=O) groups excluding carboxylic acids is 2. The van der Waals surface area contributed by atoms with Gasteiger partial charge in [0, 0.05) is 45.5 Å². The molecule has 0 spiro atoms. The fourth-order valence-corrected chi connectivity index (χ4v) is 3.53. The second-order valence-electron chi connectivity index (χ2n) is 7.17. The minimum Gasteiger partial charge on any atom is -0.353 e. The number of piperazine rings is 1. The smallest absolute Gasteiger partial charge is 0.272 e. The molecule has 0 unspecified atom stereocenters. The van der Waals surface area contributed by atoms with Crippen LogP contribution < -0.4 is 4.90 Å². The van der Waals surface area contributed by atoms with Crippen LogP contribution in [-0.2, 0) is 0 Å². The lowest BCUT2D eigenvalue weighted by molar-refractivity contribution is 0.0736. The maximum Gasteiger partial charge on any atom is 0.272 e. The van der Waals surface area contributed by atoms with Crippen molar-refractivity contribution in [2.75, 3.05) is 44.2 Å². The van der Waals surface area contributed by atoms with Gasteiger partial charge in [0.25, 0.3) is 11.8 Å². The van der Waals surface area contributed by atoms with Crippen molar-refractivity contribution < 1.29 is 9.59 Å². The van der Waals surface area contributed by atoms with Gasteiger partial charge < -0.3 is 14.7 Å². The molecule has 0 saturated carbocycles. The van der Waals surface area contributed by atoms with Crippen molar-refractivity contribution in [3.63, 3.8) is 0 Å². The van der Waals surface area contributed by atoms with Crippen molar-refractivity contribution in [2.24, 2.45) is 0 Å². The molecule has 2 aromatic rings. The van der Waals surface area contributed by atoms with Gasteiger partial charge in [-0.05, 0) is 37.1 Å². The third-order valence-corrected chi connectivity index (χ3v) is 5.00. The fraction of sp³-hybridized carbons (Fsp3) is 0.455. The van der Waals surface area contributed by atoms with Gasteiger partial charge in [0.15, 0.2) is 0 Å². The summed E-state index contributed by atoms with van der Waals surface area (Å²) < 4.78 is 0. The number of nitrogens with zero attached hydrogens (tertiary/aromatic N) is 5. The number of amides is 2. The summed E-state index contributed by atoms with van der Waals surface area (Å²) in [7, 11) is 0. The molecular weight excluding hydrogens is 366 g/mol. The Kier molecular flexibility index (Phi) is 7.16. The third kappa shape index (κ3) is 5.10. The highest BCUT2D eigenvalue weighted by atomic mass is 16.2. The van der Waals surface area contributed by atoms with E-state index in [1.54, 1.807) is 29.3 Å². The molecule has 0 N–H and O–H groups in total. The number of anilines is 1. The molecule has 3 heterocycles. The van der Waals surface area contributed by atoms with Crippen molar-refractivity contribution in [1.29, 1.82) is 0 Å². The lowest BCUT2D eigenvalue weighted by Gasteiger charge is -2.35. The molecule has 2 amide bonds. The molecule has 7 heteroatoms. The topological polar surface area (TPSA) is 69.6 Å². The van der Waals surface area contributed by atoms with E-state index in [1.807, 2.05) is 36.9 Å². The predicted octanol–water partition coefficient (Wildman–Crippen LogP) is 2.70. The van der Waals surface area contributed by atoms with Gasteiger partial charge in [-0.1, -0.05) is 26.0 Å². The summed E-state index contributed by atoms with van der Waals surface area (Å²) in [5.74, 6) is 0.693. The molecule has 0 atom stereocenters. The maximum atomic E-state index is 12.9. The minimum atomic E-state index is -0.127. The van der Waals surface area contributed by atoms with Gasteiger partial charge >= 0.3 is 0 Å². The Balaban J connectivity index is 1.66. The maximum absolute atomic E-state index is 12.9. The van der Waals surface area contributed by atoms with Crippen LogP contribution >= 0.6 is 0 Å². The molecule has 1 saturated heterocycles. The van der Waals surface area contributed by atoms with E-state index in [2.05, 4.69) is 14.9 Å². The largest absolute Gasteiger partial charge is 0.353 e. The van der Waals surface area contributed by atoms with Gasteiger partial charge in [0.05, 0.1) is 0 Å². The Labute approximate surface area is 172 Å². The number of hydrogen-bond donors (Lipinski definition) is 0. The molecule has 1 aliphatic rings. The number of aromatic nitrogens is 2. The first-order valence-electron chi connectivity index (χ1n) is 10.4. The summed E-state index contributed by atoms with van der Waals surface area (Å²) in [6.45, 7) is 8.15. The highest BCUT2D eigenvalue weighted by Gasteiger charge is 2.24. The van der Waals surface area contributed by atoms with Gasteiger partial charge in [0.1, 0.15) is 17.2 Å². The van der Waals surface area contributed by atoms with Crippen LogP contribution in [0.25, 0.3) is 0 Å². The Morgan fingerprint density at radius 3 is 2.24 bits per heavy atom. The van der Waals surface area contributed by atoms with E-state index >= 15 is 0 Å². The lowest BCUT2D eigenvalue weighted by Crippen LogP contribution is -2.49. The predicted molar refractivity (Wildman–Crippen MR) is 113 cm³/mol. The quantitative estimate of drug-likeness (QED) is 0.721. The first kappa shape index (κ1) is 20.8. The van der Waals surface area contributed by atoms with E-state index in [9.17, 15) is 9.59 Å². The van der Waals surface area contributed by atoms with Gasteiger partial charge in [-0.15, -0.1) is 0 Å². The highest BCUT2D eigenvalue weighted by Crippen LogP contribution is 2.14. The first-order chi connectivity index (χ1) is 14.1. The third-order valence-electron chi connectivity index (χ3n) is 5.00. The van der Waals surface area contributed by atoms with Crippen molar-refractivity contribution in [3.8, 4) is 0 Å². The van der Waals surface area contributed by atoms with Crippen molar-refractivity contribution >= 4 is 17.6 Å². The Morgan fingerprint density at radius 1 is 0.931 bits per heavy atom. The molecule has 2 aromatic heterocycles. The molecular formula is C22H29N5O2. The standard InChI is InChI=1S/C22H29N5O2/c1-3-12-26(13-4-2)21(28)18-8-7-9-19(24-18)22(29)27-16-14-25(15-17-27)20-10-5-6-11-23-20/h5-11H,3-4,12-17H2,1-2H3.